The zero-order valence-electron chi connectivity index (χ0n) is 14.3. The van der Waals surface area contributed by atoms with Gasteiger partial charge in [0.05, 0.1) is 0 Å². The molecule has 0 aliphatic heterocycles. The van der Waals surface area contributed by atoms with E-state index >= 15 is 0 Å². The molecule has 6 heteroatoms. The number of carbonyl (C=O) groups excluding carboxylic acids is 1. The minimum absolute atomic E-state index is 0.236. The van der Waals surface area contributed by atoms with Gasteiger partial charge in [-0.15, -0.1) is 10.2 Å². The van der Waals surface area contributed by atoms with Crippen molar-refractivity contribution in [1.29, 1.82) is 0 Å². The summed E-state index contributed by atoms with van der Waals surface area (Å²) >= 11 is 6.04. The molecule has 0 fully saturated rings. The lowest BCUT2D eigenvalue weighted by molar-refractivity contribution is -0.143. The van der Waals surface area contributed by atoms with Crippen molar-refractivity contribution >= 4 is 23.6 Å². The summed E-state index contributed by atoms with van der Waals surface area (Å²) in [5.41, 5.74) is 2.69. The molecule has 0 saturated carbocycles. The zero-order chi connectivity index (χ0) is 18.5. The summed E-state index contributed by atoms with van der Waals surface area (Å²) in [6, 6.07) is 14.9. The molecule has 0 aliphatic carbocycles. The van der Waals surface area contributed by atoms with Gasteiger partial charge in [0.15, 0.2) is 6.10 Å². The Morgan fingerprint density at radius 3 is 2.62 bits per heavy atom. The molecule has 3 rings (SSSR count). The number of aromatic nitrogens is 2. The Kier molecular flexibility index (Phi) is 5.49. The molecule has 3 aromatic rings. The van der Waals surface area contributed by atoms with E-state index in [2.05, 4.69) is 10.2 Å². The maximum absolute atomic E-state index is 12.0. The zero-order valence-corrected chi connectivity index (χ0v) is 15.1. The molecule has 0 aliphatic rings. The van der Waals surface area contributed by atoms with Gasteiger partial charge >= 0.3 is 5.97 Å². The van der Waals surface area contributed by atoms with Gasteiger partial charge in [-0.1, -0.05) is 47.5 Å². The SMILES string of the molecule is Cc1ccc(-c2nnc([C@H](C)OC(=O)/C=C/c3ccccc3Cl)o2)cc1. The normalized spacial score (nSPS) is 12.3. The van der Waals surface area contributed by atoms with Crippen LogP contribution in [0.3, 0.4) is 0 Å². The Balaban J connectivity index is 1.64. The lowest BCUT2D eigenvalue weighted by Crippen LogP contribution is -2.06. The van der Waals surface area contributed by atoms with Crippen molar-refractivity contribution in [3.8, 4) is 11.5 Å². The van der Waals surface area contributed by atoms with Crippen LogP contribution in [0.25, 0.3) is 17.5 Å². The van der Waals surface area contributed by atoms with Crippen molar-refractivity contribution in [2.45, 2.75) is 20.0 Å². The van der Waals surface area contributed by atoms with Crippen LogP contribution in [-0.2, 0) is 9.53 Å². The van der Waals surface area contributed by atoms with E-state index in [1.807, 2.05) is 43.3 Å². The van der Waals surface area contributed by atoms with Gasteiger partial charge in [0, 0.05) is 16.7 Å². The smallest absolute Gasteiger partial charge is 0.331 e. The van der Waals surface area contributed by atoms with Gasteiger partial charge in [-0.25, -0.2) is 4.79 Å². The molecular weight excluding hydrogens is 352 g/mol. The minimum atomic E-state index is -0.662. The summed E-state index contributed by atoms with van der Waals surface area (Å²) in [6.45, 7) is 3.67. The molecule has 0 bridgehead atoms. The summed E-state index contributed by atoms with van der Waals surface area (Å²) in [4.78, 5) is 12.0. The first-order valence-corrected chi connectivity index (χ1v) is 8.44. The molecule has 5 nitrogen and oxygen atoms in total. The van der Waals surface area contributed by atoms with E-state index in [1.165, 1.54) is 6.08 Å². The summed E-state index contributed by atoms with van der Waals surface area (Å²) in [5.74, 6) is 0.0992. The number of hydrogen-bond acceptors (Lipinski definition) is 5. The van der Waals surface area contributed by atoms with Crippen molar-refractivity contribution in [2.75, 3.05) is 0 Å². The molecule has 0 unspecified atom stereocenters. The highest BCUT2D eigenvalue weighted by Gasteiger charge is 2.18. The van der Waals surface area contributed by atoms with Crippen LogP contribution in [-0.4, -0.2) is 16.2 Å². The third-order valence-corrected chi connectivity index (χ3v) is 4.03. The van der Waals surface area contributed by atoms with Gasteiger partial charge in [0.25, 0.3) is 5.89 Å². The molecule has 26 heavy (non-hydrogen) atoms. The number of esters is 1. The van der Waals surface area contributed by atoms with Crippen LogP contribution < -0.4 is 0 Å². The summed E-state index contributed by atoms with van der Waals surface area (Å²) < 4.78 is 10.9. The first-order valence-electron chi connectivity index (χ1n) is 8.06. The molecule has 1 aromatic heterocycles. The largest absolute Gasteiger partial charge is 0.449 e. The number of carbonyl (C=O) groups is 1. The van der Waals surface area contributed by atoms with Gasteiger partial charge in [0.2, 0.25) is 5.89 Å². The van der Waals surface area contributed by atoms with Gasteiger partial charge in [-0.05, 0) is 43.7 Å². The molecule has 0 spiro atoms. The molecule has 0 amide bonds. The van der Waals surface area contributed by atoms with Gasteiger partial charge in [-0.3, -0.25) is 0 Å². The van der Waals surface area contributed by atoms with Crippen molar-refractivity contribution in [3.05, 3.63) is 76.6 Å². The average molecular weight is 369 g/mol. The number of halogens is 1. The third kappa shape index (κ3) is 4.37. The van der Waals surface area contributed by atoms with Crippen LogP contribution in [0.15, 0.2) is 59.0 Å². The second-order valence-electron chi connectivity index (χ2n) is 5.75. The van der Waals surface area contributed by atoms with Gasteiger partial charge < -0.3 is 9.15 Å². The fourth-order valence-electron chi connectivity index (χ4n) is 2.24. The highest BCUT2D eigenvalue weighted by atomic mass is 35.5. The van der Waals surface area contributed by atoms with E-state index in [0.29, 0.717) is 10.9 Å². The first-order chi connectivity index (χ1) is 12.5. The van der Waals surface area contributed by atoms with E-state index in [4.69, 9.17) is 20.8 Å². The molecule has 1 heterocycles. The fourth-order valence-corrected chi connectivity index (χ4v) is 2.44. The first kappa shape index (κ1) is 17.9. The Morgan fingerprint density at radius 1 is 1.15 bits per heavy atom. The quantitative estimate of drug-likeness (QED) is 0.467. The summed E-state index contributed by atoms with van der Waals surface area (Å²) in [7, 11) is 0. The van der Waals surface area contributed by atoms with Crippen molar-refractivity contribution < 1.29 is 13.9 Å². The van der Waals surface area contributed by atoms with Crippen LogP contribution in [0.1, 0.15) is 30.0 Å². The van der Waals surface area contributed by atoms with Crippen molar-refractivity contribution in [1.82, 2.24) is 10.2 Å². The Bertz CT molecular complexity index is 932. The van der Waals surface area contributed by atoms with Crippen molar-refractivity contribution in [3.63, 3.8) is 0 Å². The maximum Gasteiger partial charge on any atom is 0.331 e. The van der Waals surface area contributed by atoms with Crippen LogP contribution in [0, 0.1) is 6.92 Å². The van der Waals surface area contributed by atoms with Gasteiger partial charge in [-0.2, -0.15) is 0 Å². The van der Waals surface area contributed by atoms with Crippen LogP contribution in [0.5, 0.6) is 0 Å². The number of nitrogens with zero attached hydrogens (tertiary/aromatic N) is 2. The number of benzene rings is 2. The third-order valence-electron chi connectivity index (χ3n) is 3.68. The van der Waals surface area contributed by atoms with E-state index in [9.17, 15) is 4.79 Å². The molecule has 1 atom stereocenters. The Labute approximate surface area is 156 Å². The topological polar surface area (TPSA) is 65.2 Å². The van der Waals surface area contributed by atoms with E-state index < -0.39 is 12.1 Å². The number of rotatable bonds is 5. The van der Waals surface area contributed by atoms with E-state index in [0.717, 1.165) is 16.7 Å². The monoisotopic (exact) mass is 368 g/mol. The minimum Gasteiger partial charge on any atom is -0.449 e. The lowest BCUT2D eigenvalue weighted by Gasteiger charge is -2.06. The molecule has 0 N–H and O–H groups in total. The average Bonchev–Trinajstić information content (AvgIpc) is 3.12. The Hall–Kier alpha value is -2.92. The van der Waals surface area contributed by atoms with E-state index in [-0.39, 0.29) is 5.89 Å². The lowest BCUT2D eigenvalue weighted by atomic mass is 10.1. The predicted octanol–water partition coefficient (Wildman–Crippen LogP) is 5.02. The predicted molar refractivity (Wildman–Crippen MR) is 99.5 cm³/mol. The standard InChI is InChI=1S/C20H17ClN2O3/c1-13-7-9-16(10-8-13)20-23-22-19(26-20)14(2)25-18(24)12-11-15-5-3-4-6-17(15)21/h3-12,14H,1-2H3/b12-11+/t14-/m0/s1. The molecule has 0 radical (unpaired) electrons. The maximum atomic E-state index is 12.0. The fraction of sp³-hybridized carbons (Fsp3) is 0.150. The Morgan fingerprint density at radius 2 is 1.88 bits per heavy atom. The van der Waals surface area contributed by atoms with Crippen LogP contribution >= 0.6 is 11.6 Å². The molecule has 132 valence electrons. The summed E-state index contributed by atoms with van der Waals surface area (Å²) in [6.07, 6.45) is 2.25. The van der Waals surface area contributed by atoms with E-state index in [1.54, 1.807) is 25.1 Å². The highest BCUT2D eigenvalue weighted by molar-refractivity contribution is 6.32. The van der Waals surface area contributed by atoms with Crippen LogP contribution in [0.4, 0.5) is 0 Å². The summed E-state index contributed by atoms with van der Waals surface area (Å²) in [5, 5.41) is 8.53. The number of hydrogen-bond donors (Lipinski definition) is 0. The number of aryl methyl sites for hydroxylation is 1. The molecular formula is C20H17ClN2O3. The van der Waals surface area contributed by atoms with Gasteiger partial charge in [0.1, 0.15) is 0 Å². The van der Waals surface area contributed by atoms with Crippen molar-refractivity contribution in [2.24, 2.45) is 0 Å². The highest BCUT2D eigenvalue weighted by Crippen LogP contribution is 2.23. The second kappa shape index (κ2) is 7.97. The molecule has 2 aromatic carbocycles. The molecule has 0 saturated heterocycles. The number of ether oxygens (including phenoxy) is 1. The van der Waals surface area contributed by atoms with Crippen LogP contribution in [0.2, 0.25) is 5.02 Å². The second-order valence-corrected chi connectivity index (χ2v) is 6.15.